The lowest BCUT2D eigenvalue weighted by molar-refractivity contribution is 0.210. The average Bonchev–Trinajstić information content (AvgIpc) is 2.47. The largest absolute Gasteiger partial charge is 0.489 e. The second kappa shape index (κ2) is 6.92. The molecule has 0 aliphatic rings. The number of aromatic nitrogens is 2. The molecule has 1 atom stereocenters. The second-order valence-electron chi connectivity index (χ2n) is 5.04. The molecule has 21 heavy (non-hydrogen) atoms. The van der Waals surface area contributed by atoms with E-state index in [-0.39, 0.29) is 11.7 Å². The molecule has 0 saturated carbocycles. The van der Waals surface area contributed by atoms with Crippen LogP contribution in [0.2, 0.25) is 0 Å². The molecule has 5 heteroatoms. The van der Waals surface area contributed by atoms with Crippen LogP contribution in [-0.4, -0.2) is 22.2 Å². The summed E-state index contributed by atoms with van der Waals surface area (Å²) in [5.41, 5.74) is 1.02. The summed E-state index contributed by atoms with van der Waals surface area (Å²) in [4.78, 5) is 15.9. The number of hydrogen-bond donors (Lipinski definition) is 1. The van der Waals surface area contributed by atoms with Gasteiger partial charge in [0.25, 0.3) is 5.56 Å². The summed E-state index contributed by atoms with van der Waals surface area (Å²) in [7, 11) is 1.70. The Morgan fingerprint density at radius 1 is 1.43 bits per heavy atom. The Labute approximate surface area is 124 Å². The molecule has 0 aliphatic carbocycles. The minimum absolute atomic E-state index is 0.0153. The van der Waals surface area contributed by atoms with Gasteiger partial charge in [-0.05, 0) is 31.0 Å². The van der Waals surface area contributed by atoms with Crippen LogP contribution in [0.4, 0.5) is 5.82 Å². The lowest BCUT2D eigenvalue weighted by Gasteiger charge is -2.18. The summed E-state index contributed by atoms with van der Waals surface area (Å²) >= 11 is 0. The van der Waals surface area contributed by atoms with Crippen molar-refractivity contribution in [2.75, 3.05) is 11.9 Å². The molecule has 0 bridgehead atoms. The minimum Gasteiger partial charge on any atom is -0.489 e. The molecule has 2 aromatic rings. The van der Waals surface area contributed by atoms with Gasteiger partial charge in [0, 0.05) is 19.4 Å². The summed E-state index contributed by atoms with van der Waals surface area (Å²) in [6.45, 7) is 4.62. The lowest BCUT2D eigenvalue weighted by Crippen LogP contribution is -2.29. The van der Waals surface area contributed by atoms with Crippen LogP contribution < -0.4 is 15.6 Å². The van der Waals surface area contributed by atoms with Crippen LogP contribution in [0.3, 0.4) is 0 Å². The highest BCUT2D eigenvalue weighted by atomic mass is 16.5. The van der Waals surface area contributed by atoms with Gasteiger partial charge < -0.3 is 14.6 Å². The van der Waals surface area contributed by atoms with Gasteiger partial charge in [-0.25, -0.2) is 4.98 Å². The molecular formula is C16H21N3O2. The van der Waals surface area contributed by atoms with E-state index in [0.717, 1.165) is 17.7 Å². The zero-order valence-electron chi connectivity index (χ0n) is 12.7. The monoisotopic (exact) mass is 287 g/mol. The van der Waals surface area contributed by atoms with E-state index in [4.69, 9.17) is 4.74 Å². The first kappa shape index (κ1) is 15.1. The smallest absolute Gasteiger partial charge is 0.293 e. The highest BCUT2D eigenvalue weighted by Gasteiger charge is 2.10. The van der Waals surface area contributed by atoms with Gasteiger partial charge >= 0.3 is 0 Å². The van der Waals surface area contributed by atoms with Crippen LogP contribution >= 0.6 is 0 Å². The Morgan fingerprint density at radius 2 is 2.24 bits per heavy atom. The maximum absolute atomic E-state index is 11.9. The number of ether oxygens (including phenoxy) is 1. The van der Waals surface area contributed by atoms with Crippen LogP contribution in [0, 0.1) is 6.92 Å². The van der Waals surface area contributed by atoms with Crippen molar-refractivity contribution >= 4 is 5.82 Å². The van der Waals surface area contributed by atoms with Crippen molar-refractivity contribution in [2.24, 2.45) is 7.05 Å². The fraction of sp³-hybridized carbons (Fsp3) is 0.375. The molecule has 0 fully saturated rings. The van der Waals surface area contributed by atoms with Crippen molar-refractivity contribution in [1.29, 1.82) is 0 Å². The fourth-order valence-electron chi connectivity index (χ4n) is 1.98. The number of nitrogens with zero attached hydrogens (tertiary/aromatic N) is 2. The quantitative estimate of drug-likeness (QED) is 0.886. The van der Waals surface area contributed by atoms with Crippen molar-refractivity contribution in [1.82, 2.24) is 9.55 Å². The first-order valence-corrected chi connectivity index (χ1v) is 7.09. The van der Waals surface area contributed by atoms with Gasteiger partial charge in [0.1, 0.15) is 11.9 Å². The van der Waals surface area contributed by atoms with Crippen LogP contribution in [0.15, 0.2) is 41.5 Å². The van der Waals surface area contributed by atoms with E-state index in [9.17, 15) is 4.79 Å². The number of anilines is 1. The third-order valence-corrected chi connectivity index (χ3v) is 3.26. The first-order chi connectivity index (χ1) is 10.1. The molecular weight excluding hydrogens is 266 g/mol. The van der Waals surface area contributed by atoms with Gasteiger partial charge in [0.05, 0.1) is 6.54 Å². The van der Waals surface area contributed by atoms with Gasteiger partial charge in [0.2, 0.25) is 0 Å². The number of benzene rings is 1. The van der Waals surface area contributed by atoms with E-state index in [1.807, 2.05) is 31.2 Å². The van der Waals surface area contributed by atoms with Gasteiger partial charge in [-0.3, -0.25) is 4.79 Å². The molecule has 112 valence electrons. The molecule has 1 aromatic heterocycles. The molecule has 5 nitrogen and oxygen atoms in total. The standard InChI is InChI=1S/C16H21N3O2/c1-4-13(21-14-7-5-6-12(2)10-14)11-18-15-16(20)19(3)9-8-17-15/h5-10,13H,4,11H2,1-3H3,(H,17,18)/t13-/m1/s1. The van der Waals surface area contributed by atoms with E-state index < -0.39 is 0 Å². The van der Waals surface area contributed by atoms with Gasteiger partial charge in [0.15, 0.2) is 5.82 Å². The third kappa shape index (κ3) is 4.08. The van der Waals surface area contributed by atoms with E-state index >= 15 is 0 Å². The van der Waals surface area contributed by atoms with Gasteiger partial charge in [-0.1, -0.05) is 19.1 Å². The number of rotatable bonds is 6. The van der Waals surface area contributed by atoms with E-state index in [0.29, 0.717) is 12.4 Å². The summed E-state index contributed by atoms with van der Waals surface area (Å²) in [5, 5.41) is 3.07. The van der Waals surface area contributed by atoms with Crippen molar-refractivity contribution in [3.63, 3.8) is 0 Å². The molecule has 1 N–H and O–H groups in total. The summed E-state index contributed by atoms with van der Waals surface area (Å²) in [5.74, 6) is 1.20. The van der Waals surface area contributed by atoms with E-state index in [1.54, 1.807) is 19.4 Å². The summed E-state index contributed by atoms with van der Waals surface area (Å²) in [6, 6.07) is 7.95. The maximum Gasteiger partial charge on any atom is 0.293 e. The van der Waals surface area contributed by atoms with E-state index in [1.165, 1.54) is 4.57 Å². The van der Waals surface area contributed by atoms with Crippen LogP contribution in [0.5, 0.6) is 5.75 Å². The maximum atomic E-state index is 11.9. The van der Waals surface area contributed by atoms with Crippen LogP contribution in [-0.2, 0) is 7.05 Å². The van der Waals surface area contributed by atoms with Crippen molar-refractivity contribution in [3.05, 3.63) is 52.6 Å². The van der Waals surface area contributed by atoms with E-state index in [2.05, 4.69) is 17.2 Å². The molecule has 1 heterocycles. The number of hydrogen-bond acceptors (Lipinski definition) is 4. The molecule has 0 amide bonds. The molecule has 0 spiro atoms. The normalized spacial score (nSPS) is 12.0. The third-order valence-electron chi connectivity index (χ3n) is 3.26. The minimum atomic E-state index is -0.136. The summed E-state index contributed by atoms with van der Waals surface area (Å²) in [6.07, 6.45) is 4.06. The average molecular weight is 287 g/mol. The van der Waals surface area contributed by atoms with Gasteiger partial charge in [-0.15, -0.1) is 0 Å². The van der Waals surface area contributed by atoms with Crippen molar-refractivity contribution in [3.8, 4) is 5.75 Å². The Bertz CT molecular complexity index is 652. The zero-order chi connectivity index (χ0) is 15.2. The molecule has 2 rings (SSSR count). The topological polar surface area (TPSA) is 56.2 Å². The molecule has 0 unspecified atom stereocenters. The molecule has 0 radical (unpaired) electrons. The Balaban J connectivity index is 2.00. The van der Waals surface area contributed by atoms with Crippen LogP contribution in [0.25, 0.3) is 0 Å². The Kier molecular flexibility index (Phi) is 4.98. The molecule has 0 aliphatic heterocycles. The lowest BCUT2D eigenvalue weighted by atomic mass is 10.2. The molecule has 1 aromatic carbocycles. The highest BCUT2D eigenvalue weighted by Crippen LogP contribution is 2.15. The Morgan fingerprint density at radius 3 is 2.95 bits per heavy atom. The van der Waals surface area contributed by atoms with Crippen molar-refractivity contribution < 1.29 is 4.74 Å². The van der Waals surface area contributed by atoms with Gasteiger partial charge in [-0.2, -0.15) is 0 Å². The second-order valence-corrected chi connectivity index (χ2v) is 5.04. The SMILES string of the molecule is CC[C@H](CNc1nccn(C)c1=O)Oc1cccc(C)c1. The zero-order valence-corrected chi connectivity index (χ0v) is 12.7. The predicted molar refractivity (Wildman–Crippen MR) is 83.9 cm³/mol. The molecule has 0 saturated heterocycles. The predicted octanol–water partition coefficient (Wildman–Crippen LogP) is 2.36. The fourth-order valence-corrected chi connectivity index (χ4v) is 1.98. The first-order valence-electron chi connectivity index (χ1n) is 7.09. The number of aryl methyl sites for hydroxylation is 2. The highest BCUT2D eigenvalue weighted by molar-refractivity contribution is 5.31. The van der Waals surface area contributed by atoms with Crippen LogP contribution in [0.1, 0.15) is 18.9 Å². The van der Waals surface area contributed by atoms with Crippen molar-refractivity contribution in [2.45, 2.75) is 26.4 Å². The summed E-state index contributed by atoms with van der Waals surface area (Å²) < 4.78 is 7.43. The Hall–Kier alpha value is -2.30. The number of nitrogens with one attached hydrogen (secondary N) is 1.